The standard InChI is InChI=1S/C23H25N3O6/c1-4-21(28)25-10-9-24-14-5-7-15(8-6-14)26-23(29)20-13-17(27)22-18(31-3)11-16(30-2)12-19(22)32-20/h5-8,11-13,24H,4,9-10H2,1-3H3,(H,25,28)(H,26,29). The second-order valence-corrected chi connectivity index (χ2v) is 6.84. The van der Waals surface area contributed by atoms with E-state index in [1.165, 1.54) is 20.3 Å². The minimum Gasteiger partial charge on any atom is -0.496 e. The van der Waals surface area contributed by atoms with Gasteiger partial charge in [0.15, 0.2) is 11.2 Å². The van der Waals surface area contributed by atoms with Crippen LogP contribution in [0.3, 0.4) is 0 Å². The Hall–Kier alpha value is -4.01. The molecule has 32 heavy (non-hydrogen) atoms. The Morgan fingerprint density at radius 1 is 0.969 bits per heavy atom. The van der Waals surface area contributed by atoms with E-state index in [1.54, 1.807) is 37.3 Å². The lowest BCUT2D eigenvalue weighted by molar-refractivity contribution is -0.120. The van der Waals surface area contributed by atoms with E-state index >= 15 is 0 Å². The topological polar surface area (TPSA) is 119 Å². The summed E-state index contributed by atoms with van der Waals surface area (Å²) in [7, 11) is 2.92. The first kappa shape index (κ1) is 22.7. The zero-order valence-corrected chi connectivity index (χ0v) is 18.1. The maximum absolute atomic E-state index is 12.6. The van der Waals surface area contributed by atoms with E-state index in [0.717, 1.165) is 11.8 Å². The third-order valence-corrected chi connectivity index (χ3v) is 4.69. The predicted octanol–water partition coefficient (Wildman–Crippen LogP) is 3.00. The molecule has 0 aliphatic rings. The molecule has 0 aliphatic heterocycles. The molecule has 9 heteroatoms. The second kappa shape index (κ2) is 10.3. The molecule has 1 aromatic heterocycles. The lowest BCUT2D eigenvalue weighted by Gasteiger charge is -2.10. The van der Waals surface area contributed by atoms with Gasteiger partial charge in [-0.25, -0.2) is 0 Å². The Kier molecular flexibility index (Phi) is 7.33. The average molecular weight is 439 g/mol. The highest BCUT2D eigenvalue weighted by atomic mass is 16.5. The van der Waals surface area contributed by atoms with Gasteiger partial charge in [0.2, 0.25) is 5.91 Å². The van der Waals surface area contributed by atoms with Crippen molar-refractivity contribution < 1.29 is 23.5 Å². The number of fused-ring (bicyclic) bond motifs is 1. The van der Waals surface area contributed by atoms with Gasteiger partial charge >= 0.3 is 0 Å². The lowest BCUT2D eigenvalue weighted by atomic mass is 10.2. The molecule has 0 saturated carbocycles. The van der Waals surface area contributed by atoms with Crippen LogP contribution in [0.25, 0.3) is 11.0 Å². The Morgan fingerprint density at radius 2 is 1.69 bits per heavy atom. The van der Waals surface area contributed by atoms with Crippen molar-refractivity contribution in [2.45, 2.75) is 13.3 Å². The molecule has 0 saturated heterocycles. The summed E-state index contributed by atoms with van der Waals surface area (Å²) in [6.45, 7) is 2.89. The van der Waals surface area contributed by atoms with Crippen molar-refractivity contribution in [3.8, 4) is 11.5 Å². The van der Waals surface area contributed by atoms with E-state index in [-0.39, 0.29) is 22.6 Å². The summed E-state index contributed by atoms with van der Waals surface area (Å²) in [5, 5.41) is 8.89. The predicted molar refractivity (Wildman–Crippen MR) is 122 cm³/mol. The molecular weight excluding hydrogens is 414 g/mol. The van der Waals surface area contributed by atoms with Crippen LogP contribution in [0.2, 0.25) is 0 Å². The van der Waals surface area contributed by atoms with Crippen LogP contribution in [0, 0.1) is 0 Å². The number of ether oxygens (including phenoxy) is 2. The van der Waals surface area contributed by atoms with Gasteiger partial charge in [-0.2, -0.15) is 0 Å². The van der Waals surface area contributed by atoms with Gasteiger partial charge in [-0.15, -0.1) is 0 Å². The van der Waals surface area contributed by atoms with E-state index in [9.17, 15) is 14.4 Å². The van der Waals surface area contributed by atoms with Gasteiger partial charge in [0, 0.05) is 49.1 Å². The first-order valence-electron chi connectivity index (χ1n) is 10.1. The third kappa shape index (κ3) is 5.37. The number of methoxy groups -OCH3 is 2. The first-order chi connectivity index (χ1) is 15.4. The summed E-state index contributed by atoms with van der Waals surface area (Å²) in [6, 6.07) is 11.3. The molecule has 0 fully saturated rings. The van der Waals surface area contributed by atoms with Gasteiger partial charge in [0.1, 0.15) is 22.5 Å². The number of carbonyl (C=O) groups excluding carboxylic acids is 2. The Morgan fingerprint density at radius 3 is 2.34 bits per heavy atom. The highest BCUT2D eigenvalue weighted by molar-refractivity contribution is 6.03. The van der Waals surface area contributed by atoms with Crippen molar-refractivity contribution in [1.29, 1.82) is 0 Å². The zero-order chi connectivity index (χ0) is 23.1. The van der Waals surface area contributed by atoms with E-state index in [2.05, 4.69) is 16.0 Å². The van der Waals surface area contributed by atoms with Crippen molar-refractivity contribution in [2.24, 2.45) is 0 Å². The minimum absolute atomic E-state index is 0.00193. The van der Waals surface area contributed by atoms with Gasteiger partial charge in [-0.05, 0) is 24.3 Å². The fraction of sp³-hybridized carbons (Fsp3) is 0.261. The molecule has 168 valence electrons. The van der Waals surface area contributed by atoms with Gasteiger partial charge < -0.3 is 29.8 Å². The first-order valence-corrected chi connectivity index (χ1v) is 10.1. The Balaban J connectivity index is 1.70. The summed E-state index contributed by atoms with van der Waals surface area (Å²) in [4.78, 5) is 36.4. The zero-order valence-electron chi connectivity index (χ0n) is 18.1. The fourth-order valence-corrected chi connectivity index (χ4v) is 3.02. The Labute approximate surface area is 184 Å². The van der Waals surface area contributed by atoms with Crippen LogP contribution in [-0.4, -0.2) is 39.1 Å². The molecule has 0 spiro atoms. The summed E-state index contributed by atoms with van der Waals surface area (Å²) in [5.41, 5.74) is 1.16. The number of benzene rings is 2. The Bertz CT molecular complexity index is 1170. The van der Waals surface area contributed by atoms with Crippen molar-refractivity contribution in [1.82, 2.24) is 5.32 Å². The van der Waals surface area contributed by atoms with E-state index < -0.39 is 11.3 Å². The number of hydrogen-bond donors (Lipinski definition) is 3. The SMILES string of the molecule is CCC(=O)NCCNc1ccc(NC(=O)c2cc(=O)c3c(OC)cc(OC)cc3o2)cc1. The maximum atomic E-state index is 12.6. The monoisotopic (exact) mass is 439 g/mol. The maximum Gasteiger partial charge on any atom is 0.291 e. The number of hydrogen-bond acceptors (Lipinski definition) is 7. The van der Waals surface area contributed by atoms with Crippen LogP contribution >= 0.6 is 0 Å². The van der Waals surface area contributed by atoms with Crippen LogP contribution in [0.4, 0.5) is 11.4 Å². The normalized spacial score (nSPS) is 10.5. The number of amides is 2. The smallest absolute Gasteiger partial charge is 0.291 e. The van der Waals surface area contributed by atoms with Crippen LogP contribution < -0.4 is 30.9 Å². The molecule has 3 aromatic rings. The van der Waals surface area contributed by atoms with Crippen molar-refractivity contribution in [3.63, 3.8) is 0 Å². The van der Waals surface area contributed by atoms with Crippen LogP contribution in [0.5, 0.6) is 11.5 Å². The summed E-state index contributed by atoms with van der Waals surface area (Å²) < 4.78 is 16.1. The van der Waals surface area contributed by atoms with Crippen LogP contribution in [0.15, 0.2) is 51.7 Å². The molecule has 0 aliphatic carbocycles. The number of carbonyl (C=O) groups is 2. The average Bonchev–Trinajstić information content (AvgIpc) is 2.81. The van der Waals surface area contributed by atoms with Gasteiger partial charge in [0.05, 0.1) is 14.2 Å². The molecule has 1 heterocycles. The quantitative estimate of drug-likeness (QED) is 0.439. The number of anilines is 2. The van der Waals surface area contributed by atoms with Crippen molar-refractivity contribution >= 4 is 34.2 Å². The molecule has 0 unspecified atom stereocenters. The summed E-state index contributed by atoms with van der Waals surface area (Å²) in [5.74, 6) is 0.0485. The fourth-order valence-electron chi connectivity index (χ4n) is 3.02. The second-order valence-electron chi connectivity index (χ2n) is 6.84. The molecule has 0 atom stereocenters. The van der Waals surface area contributed by atoms with Gasteiger partial charge in [-0.3, -0.25) is 14.4 Å². The molecule has 3 N–H and O–H groups in total. The lowest BCUT2D eigenvalue weighted by Crippen LogP contribution is -2.27. The molecular formula is C23H25N3O6. The molecule has 0 radical (unpaired) electrons. The van der Waals surface area contributed by atoms with E-state index in [0.29, 0.717) is 36.7 Å². The van der Waals surface area contributed by atoms with E-state index in [1.807, 2.05) is 0 Å². The molecule has 2 amide bonds. The molecule has 2 aromatic carbocycles. The number of nitrogens with one attached hydrogen (secondary N) is 3. The molecule has 9 nitrogen and oxygen atoms in total. The minimum atomic E-state index is -0.561. The summed E-state index contributed by atoms with van der Waals surface area (Å²) in [6.07, 6.45) is 0.451. The third-order valence-electron chi connectivity index (χ3n) is 4.69. The van der Waals surface area contributed by atoms with Crippen molar-refractivity contribution in [2.75, 3.05) is 37.9 Å². The molecule has 0 bridgehead atoms. The summed E-state index contributed by atoms with van der Waals surface area (Å²) >= 11 is 0. The van der Waals surface area contributed by atoms with Crippen LogP contribution in [0.1, 0.15) is 23.9 Å². The highest BCUT2D eigenvalue weighted by Gasteiger charge is 2.16. The van der Waals surface area contributed by atoms with Crippen LogP contribution in [-0.2, 0) is 4.79 Å². The van der Waals surface area contributed by atoms with Gasteiger partial charge in [0.25, 0.3) is 5.91 Å². The molecule has 3 rings (SSSR count). The highest BCUT2D eigenvalue weighted by Crippen LogP contribution is 2.29. The van der Waals surface area contributed by atoms with E-state index in [4.69, 9.17) is 13.9 Å². The van der Waals surface area contributed by atoms with Crippen molar-refractivity contribution in [3.05, 3.63) is 58.4 Å². The van der Waals surface area contributed by atoms with Gasteiger partial charge in [-0.1, -0.05) is 6.92 Å². The largest absolute Gasteiger partial charge is 0.496 e. The number of rotatable bonds is 9.